The molecule has 0 radical (unpaired) electrons. The van der Waals surface area contributed by atoms with Crippen molar-refractivity contribution in [3.8, 4) is 5.75 Å². The van der Waals surface area contributed by atoms with Gasteiger partial charge in [-0.25, -0.2) is 12.0 Å². The molecule has 0 aliphatic carbocycles. The van der Waals surface area contributed by atoms with Crippen LogP contribution in [-0.4, -0.2) is 25.3 Å². The largest absolute Gasteiger partial charge is 0.725 e. The Labute approximate surface area is 124 Å². The summed E-state index contributed by atoms with van der Waals surface area (Å²) in [7, 11) is -4.56. The van der Waals surface area contributed by atoms with E-state index in [4.69, 9.17) is 4.74 Å². The van der Waals surface area contributed by atoms with Crippen LogP contribution in [0.25, 0.3) is 0 Å². The van der Waals surface area contributed by atoms with E-state index in [1.165, 1.54) is 0 Å². The molecule has 0 bridgehead atoms. The molecule has 0 unspecified atom stereocenters. The van der Waals surface area contributed by atoms with Gasteiger partial charge in [-0.1, -0.05) is 37.5 Å². The Bertz CT molecular complexity index is 447. The summed E-state index contributed by atoms with van der Waals surface area (Å²) in [4.78, 5) is 0. The molecule has 5 nitrogen and oxygen atoms in total. The second kappa shape index (κ2) is 10.0. The van der Waals surface area contributed by atoms with E-state index in [2.05, 4.69) is 3.63 Å². The average molecular weight is 319 g/mol. The van der Waals surface area contributed by atoms with Crippen LogP contribution in [0.15, 0.2) is 30.3 Å². The predicted molar refractivity (Wildman–Crippen MR) is 78.3 cm³/mol. The van der Waals surface area contributed by atoms with Gasteiger partial charge >= 0.3 is 0 Å². The maximum atomic E-state index is 10.1. The Balaban J connectivity index is 1.86. The topological polar surface area (TPSA) is 75.7 Å². The van der Waals surface area contributed by atoms with Crippen molar-refractivity contribution in [2.45, 2.75) is 32.1 Å². The Morgan fingerprint density at radius 2 is 1.65 bits per heavy atom. The molecule has 0 amide bonds. The summed E-state index contributed by atoms with van der Waals surface area (Å²) in [6.45, 7) is 0.705. The molecule has 0 heterocycles. The van der Waals surface area contributed by atoms with Crippen molar-refractivity contribution in [1.82, 2.24) is 0 Å². The number of hydrogen-bond acceptors (Lipinski definition) is 6. The highest BCUT2D eigenvalue weighted by molar-refractivity contribution is 8.02. The number of ether oxygens (including phenoxy) is 1. The average Bonchev–Trinajstić information content (AvgIpc) is 2.41. The molecular weight excluding hydrogens is 300 g/mol. The fourth-order valence-electron chi connectivity index (χ4n) is 1.59. The van der Waals surface area contributed by atoms with Gasteiger partial charge in [0.1, 0.15) is 5.75 Å². The first-order valence-electron chi connectivity index (χ1n) is 6.53. The first-order chi connectivity index (χ1) is 9.58. The minimum Gasteiger partial charge on any atom is -0.725 e. The minimum absolute atomic E-state index is 0.516. The minimum atomic E-state index is -4.56. The number of rotatable bonds is 11. The molecule has 20 heavy (non-hydrogen) atoms. The lowest BCUT2D eigenvalue weighted by Gasteiger charge is -2.06. The second-order valence-corrected chi connectivity index (χ2v) is 6.23. The van der Waals surface area contributed by atoms with E-state index in [1.807, 2.05) is 30.3 Å². The maximum absolute atomic E-state index is 10.1. The molecule has 0 saturated carbocycles. The molecular formula is C13H19O5S2-. The lowest BCUT2D eigenvalue weighted by Crippen LogP contribution is -1.98. The van der Waals surface area contributed by atoms with Crippen LogP contribution in [0.3, 0.4) is 0 Å². The molecule has 0 aliphatic heterocycles. The standard InChI is InChI=1S/C13H20O5S2/c14-20(15,16)18-19-12-8-3-1-2-7-11-17-13-9-5-4-6-10-13/h4-6,9-10H,1-3,7-8,11-12H2,(H,14,15,16)/p-1. The van der Waals surface area contributed by atoms with Gasteiger partial charge in [0.05, 0.1) is 6.61 Å². The van der Waals surface area contributed by atoms with Gasteiger partial charge in [0.2, 0.25) is 10.4 Å². The molecule has 0 aromatic heterocycles. The molecule has 0 saturated heterocycles. The number of hydrogen-bond donors (Lipinski definition) is 0. The second-order valence-electron chi connectivity index (χ2n) is 4.23. The third-order valence-corrected chi connectivity index (χ3v) is 4.02. The van der Waals surface area contributed by atoms with Gasteiger partial charge in [0.15, 0.2) is 0 Å². The molecule has 0 aliphatic rings. The van der Waals surface area contributed by atoms with Crippen molar-refractivity contribution in [1.29, 1.82) is 0 Å². The van der Waals surface area contributed by atoms with E-state index in [9.17, 15) is 13.0 Å². The van der Waals surface area contributed by atoms with Crippen LogP contribution in [0, 0.1) is 0 Å². The summed E-state index contributed by atoms with van der Waals surface area (Å²) in [5, 5.41) is 0. The highest BCUT2D eigenvalue weighted by atomic mass is 32.3. The van der Waals surface area contributed by atoms with E-state index < -0.39 is 10.4 Å². The smallest absolute Gasteiger partial charge is 0.228 e. The molecule has 7 heteroatoms. The Hall–Kier alpha value is -0.760. The van der Waals surface area contributed by atoms with Crippen LogP contribution in [0.5, 0.6) is 5.75 Å². The lowest BCUT2D eigenvalue weighted by atomic mass is 10.2. The number of benzene rings is 1. The summed E-state index contributed by atoms with van der Waals surface area (Å²) in [5.74, 6) is 1.40. The monoisotopic (exact) mass is 319 g/mol. The van der Waals surface area contributed by atoms with Gasteiger partial charge in [-0.05, 0) is 25.0 Å². The van der Waals surface area contributed by atoms with Gasteiger partial charge in [-0.2, -0.15) is 0 Å². The van der Waals surface area contributed by atoms with Crippen molar-refractivity contribution in [3.63, 3.8) is 0 Å². The Morgan fingerprint density at radius 1 is 1.00 bits per heavy atom. The van der Waals surface area contributed by atoms with Crippen molar-refractivity contribution >= 4 is 22.4 Å². The fourth-order valence-corrected chi connectivity index (χ4v) is 2.66. The van der Waals surface area contributed by atoms with Crippen LogP contribution >= 0.6 is 12.0 Å². The number of unbranched alkanes of at least 4 members (excludes halogenated alkanes) is 4. The van der Waals surface area contributed by atoms with Crippen molar-refractivity contribution in [2.75, 3.05) is 12.4 Å². The summed E-state index contributed by atoms with van der Waals surface area (Å²) >= 11 is 0.701. The zero-order valence-electron chi connectivity index (χ0n) is 11.2. The van der Waals surface area contributed by atoms with Crippen LogP contribution < -0.4 is 4.74 Å². The van der Waals surface area contributed by atoms with E-state index >= 15 is 0 Å². The van der Waals surface area contributed by atoms with E-state index in [-0.39, 0.29) is 0 Å². The van der Waals surface area contributed by atoms with Crippen LogP contribution in [-0.2, 0) is 14.0 Å². The molecule has 114 valence electrons. The Kier molecular flexibility index (Phi) is 8.68. The zero-order chi connectivity index (χ0) is 14.7. The molecule has 1 aromatic rings. The van der Waals surface area contributed by atoms with Gasteiger partial charge in [-0.3, -0.25) is 0 Å². The lowest BCUT2D eigenvalue weighted by molar-refractivity contribution is 0.304. The third kappa shape index (κ3) is 10.1. The number of para-hydroxylation sites is 1. The van der Waals surface area contributed by atoms with Crippen LogP contribution in [0.2, 0.25) is 0 Å². The van der Waals surface area contributed by atoms with E-state index in [1.54, 1.807) is 0 Å². The molecule has 1 rings (SSSR count). The van der Waals surface area contributed by atoms with Gasteiger partial charge in [0.25, 0.3) is 0 Å². The van der Waals surface area contributed by atoms with Crippen LogP contribution in [0.4, 0.5) is 0 Å². The molecule has 0 N–H and O–H groups in total. The molecule has 0 spiro atoms. The quantitative estimate of drug-likeness (QED) is 0.270. The first-order valence-corrected chi connectivity index (χ1v) is 8.77. The summed E-state index contributed by atoms with van der Waals surface area (Å²) in [6.07, 6.45) is 4.94. The van der Waals surface area contributed by atoms with E-state index in [0.717, 1.165) is 37.9 Å². The molecule has 1 aromatic carbocycles. The highest BCUT2D eigenvalue weighted by Crippen LogP contribution is 2.13. The maximum Gasteiger partial charge on any atom is 0.228 e. The molecule has 0 fully saturated rings. The van der Waals surface area contributed by atoms with Crippen molar-refractivity contribution < 1.29 is 21.3 Å². The van der Waals surface area contributed by atoms with Gasteiger partial charge in [0, 0.05) is 17.8 Å². The summed E-state index contributed by atoms with van der Waals surface area (Å²) in [5.41, 5.74) is 0. The first kappa shape index (κ1) is 17.3. The van der Waals surface area contributed by atoms with Crippen molar-refractivity contribution in [2.24, 2.45) is 0 Å². The zero-order valence-corrected chi connectivity index (χ0v) is 12.8. The fraction of sp³-hybridized carbons (Fsp3) is 0.538. The summed E-state index contributed by atoms with van der Waals surface area (Å²) < 4.78 is 40.0. The van der Waals surface area contributed by atoms with Crippen molar-refractivity contribution in [3.05, 3.63) is 30.3 Å². The SMILES string of the molecule is O=S(=O)([O-])OSCCCCCCCOc1ccccc1. The van der Waals surface area contributed by atoms with Gasteiger partial charge in [-0.15, -0.1) is 0 Å². The third-order valence-electron chi connectivity index (χ3n) is 2.52. The van der Waals surface area contributed by atoms with Crippen LogP contribution in [0.1, 0.15) is 32.1 Å². The highest BCUT2D eigenvalue weighted by Gasteiger charge is 1.97. The molecule has 0 atom stereocenters. The van der Waals surface area contributed by atoms with Gasteiger partial charge < -0.3 is 9.29 Å². The Morgan fingerprint density at radius 3 is 2.35 bits per heavy atom. The van der Waals surface area contributed by atoms with E-state index in [0.29, 0.717) is 24.4 Å². The predicted octanol–water partition coefficient (Wildman–Crippen LogP) is 3.14. The normalized spacial score (nSPS) is 11.4. The summed E-state index contributed by atoms with van der Waals surface area (Å²) in [6, 6.07) is 9.70.